The zero-order valence-electron chi connectivity index (χ0n) is 21.5. The van der Waals surface area contributed by atoms with Crippen molar-refractivity contribution in [2.24, 2.45) is 12.2 Å². The first-order valence-electron chi connectivity index (χ1n) is 12.6. The highest BCUT2D eigenvalue weighted by molar-refractivity contribution is 6.31. The number of likely N-dealkylation sites (tertiary alicyclic amines) is 1. The van der Waals surface area contributed by atoms with Crippen LogP contribution in [0.25, 0.3) is 0 Å². The average molecular weight is 539 g/mol. The number of amides is 1. The van der Waals surface area contributed by atoms with Crippen molar-refractivity contribution < 1.29 is 14.4 Å². The van der Waals surface area contributed by atoms with Crippen molar-refractivity contribution in [1.29, 1.82) is 0 Å². The molecule has 0 bridgehead atoms. The molecule has 1 fully saturated rings. The van der Waals surface area contributed by atoms with E-state index in [1.54, 1.807) is 43.6 Å². The molecule has 0 spiro atoms. The highest BCUT2D eigenvalue weighted by Gasteiger charge is 2.24. The van der Waals surface area contributed by atoms with Crippen molar-refractivity contribution in [2.45, 2.75) is 37.9 Å². The Labute approximate surface area is 226 Å². The Balaban J connectivity index is 1.67. The summed E-state index contributed by atoms with van der Waals surface area (Å²) in [6, 6.07) is 15.5. The van der Waals surface area contributed by atoms with Gasteiger partial charge in [0.25, 0.3) is 5.91 Å². The minimum absolute atomic E-state index is 0.0619. The van der Waals surface area contributed by atoms with E-state index in [0.29, 0.717) is 21.9 Å². The fourth-order valence-corrected chi connectivity index (χ4v) is 5.19. The Bertz CT molecular complexity index is 1380. The number of alkyl halides is 1. The van der Waals surface area contributed by atoms with Gasteiger partial charge in [0, 0.05) is 53.8 Å². The van der Waals surface area contributed by atoms with Crippen molar-refractivity contribution in [1.82, 2.24) is 14.8 Å². The maximum atomic E-state index is 14.3. The Morgan fingerprint density at radius 1 is 1.16 bits per heavy atom. The molecular weight excluding hydrogens is 507 g/mol. The second-order valence-corrected chi connectivity index (χ2v) is 10.2. The first kappa shape index (κ1) is 27.5. The smallest absolute Gasteiger partial charge is 0.251 e. The Kier molecular flexibility index (Phi) is 8.97. The van der Waals surface area contributed by atoms with Crippen LogP contribution in [-0.2, 0) is 13.7 Å². The number of halogens is 2. The molecule has 1 aromatic heterocycles. The normalized spacial score (nSPS) is 15.8. The topological polar surface area (TPSA) is 86.9 Å². The summed E-state index contributed by atoms with van der Waals surface area (Å²) in [7, 11) is 3.68. The number of pyridine rings is 1. The molecule has 38 heavy (non-hydrogen) atoms. The lowest BCUT2D eigenvalue weighted by Crippen LogP contribution is -2.43. The second-order valence-electron chi connectivity index (χ2n) is 9.79. The molecule has 1 aliphatic heterocycles. The number of hydrogen-bond acceptors (Lipinski definition) is 5. The molecule has 2 N–H and O–H groups in total. The van der Waals surface area contributed by atoms with E-state index >= 15 is 0 Å². The number of rotatable bonds is 8. The molecule has 7 nitrogen and oxygen atoms in total. The number of benzene rings is 2. The number of nitrogens with zero attached hydrogens (tertiary/aromatic N) is 3. The average Bonchev–Trinajstić information content (AvgIpc) is 2.92. The third-order valence-electron chi connectivity index (χ3n) is 7.19. The Hall–Kier alpha value is -3.49. The van der Waals surface area contributed by atoms with Crippen LogP contribution in [0.1, 0.15) is 57.8 Å². The zero-order valence-corrected chi connectivity index (χ0v) is 22.3. The molecule has 4 rings (SSSR count). The first-order valence-corrected chi connectivity index (χ1v) is 13.0. The predicted molar refractivity (Wildman–Crippen MR) is 147 cm³/mol. The fraction of sp³-hybridized carbons (Fsp3) is 0.345. The van der Waals surface area contributed by atoms with E-state index in [-0.39, 0.29) is 29.5 Å². The van der Waals surface area contributed by atoms with Gasteiger partial charge in [-0.1, -0.05) is 47.1 Å². The lowest BCUT2D eigenvalue weighted by molar-refractivity contribution is 0.0915. The number of piperidine rings is 1. The summed E-state index contributed by atoms with van der Waals surface area (Å²) in [6.07, 6.45) is 3.54. The molecule has 0 aliphatic carbocycles. The fourth-order valence-electron chi connectivity index (χ4n) is 4.92. The third kappa shape index (κ3) is 6.31. The molecule has 0 radical (unpaired) electrons. The molecule has 200 valence electrons. The summed E-state index contributed by atoms with van der Waals surface area (Å²) in [6.45, 7) is 1.01. The van der Waals surface area contributed by atoms with Gasteiger partial charge in [-0.2, -0.15) is 0 Å². The van der Waals surface area contributed by atoms with Crippen LogP contribution in [-0.4, -0.2) is 52.5 Å². The number of carbonyl (C=O) groups is 1. The van der Waals surface area contributed by atoms with Gasteiger partial charge in [0.1, 0.15) is 6.67 Å². The van der Waals surface area contributed by atoms with E-state index in [1.807, 2.05) is 18.2 Å². The van der Waals surface area contributed by atoms with Crippen molar-refractivity contribution in [3.63, 3.8) is 0 Å². The maximum absolute atomic E-state index is 14.3. The van der Waals surface area contributed by atoms with Crippen molar-refractivity contribution >= 4 is 23.2 Å². The molecule has 1 atom stereocenters. The van der Waals surface area contributed by atoms with Crippen LogP contribution in [0, 0.1) is 0 Å². The molecular formula is C29H32ClFN4O3. The van der Waals surface area contributed by atoms with E-state index in [4.69, 9.17) is 11.6 Å². The van der Waals surface area contributed by atoms with E-state index in [0.717, 1.165) is 37.1 Å². The van der Waals surface area contributed by atoms with Gasteiger partial charge in [-0.05, 0) is 67.9 Å². The monoisotopic (exact) mass is 538 g/mol. The van der Waals surface area contributed by atoms with Crippen LogP contribution in [0.3, 0.4) is 0 Å². The van der Waals surface area contributed by atoms with Gasteiger partial charge in [-0.15, -0.1) is 0 Å². The molecule has 0 saturated carbocycles. The summed E-state index contributed by atoms with van der Waals surface area (Å²) in [4.78, 5) is 27.1. The van der Waals surface area contributed by atoms with Gasteiger partial charge in [-0.3, -0.25) is 9.59 Å². The summed E-state index contributed by atoms with van der Waals surface area (Å²) in [5.74, 6) is -0.681. The molecule has 1 saturated heterocycles. The van der Waals surface area contributed by atoms with E-state index < -0.39 is 12.6 Å². The van der Waals surface area contributed by atoms with Crippen LogP contribution in [0.2, 0.25) is 5.02 Å². The summed E-state index contributed by atoms with van der Waals surface area (Å²) in [5, 5.41) is 17.0. The highest BCUT2D eigenvalue weighted by Crippen LogP contribution is 2.35. The predicted octanol–water partition coefficient (Wildman–Crippen LogP) is 4.73. The number of carbonyl (C=O) groups excluding carboxylic acids is 1. The minimum atomic E-state index is -0.805. The number of aryl methyl sites for hydroxylation is 1. The number of aromatic nitrogens is 1. The lowest BCUT2D eigenvalue weighted by Gasteiger charge is -2.29. The molecule has 3 aromatic rings. The van der Waals surface area contributed by atoms with E-state index in [1.165, 1.54) is 10.6 Å². The summed E-state index contributed by atoms with van der Waals surface area (Å²) < 4.78 is 15.7. The maximum Gasteiger partial charge on any atom is 0.251 e. The van der Waals surface area contributed by atoms with Gasteiger partial charge in [0.2, 0.25) is 5.56 Å². The van der Waals surface area contributed by atoms with Gasteiger partial charge in [0.05, 0.1) is 5.71 Å². The van der Waals surface area contributed by atoms with Crippen LogP contribution in [0.5, 0.6) is 0 Å². The molecule has 9 heteroatoms. The van der Waals surface area contributed by atoms with Gasteiger partial charge >= 0.3 is 0 Å². The zero-order chi connectivity index (χ0) is 27.2. The van der Waals surface area contributed by atoms with Crippen LogP contribution >= 0.6 is 11.6 Å². The molecule has 1 amide bonds. The summed E-state index contributed by atoms with van der Waals surface area (Å²) in [5.41, 5.74) is 2.83. The van der Waals surface area contributed by atoms with Crippen molar-refractivity contribution in [3.8, 4) is 0 Å². The molecule has 2 heterocycles. The lowest BCUT2D eigenvalue weighted by atomic mass is 9.84. The van der Waals surface area contributed by atoms with Crippen LogP contribution < -0.4 is 10.9 Å². The standard InChI is InChI=1S/C29H32ClFN4O3/c1-34-13-11-22(12-14-34)32-29(37)23-9-7-19(15-21(23)17-31)25(24-5-3-4-6-26(24)30)16-27(33-38)20-8-10-28(36)35(2)18-20/h3-10,15,18,22,25,38H,11-14,16-17H2,1-2H3,(H,32,37)/b33-27-. The number of oxime groups is 1. The molecule has 1 aliphatic rings. The minimum Gasteiger partial charge on any atom is -0.411 e. The summed E-state index contributed by atoms with van der Waals surface area (Å²) >= 11 is 6.57. The number of hydrogen-bond donors (Lipinski definition) is 2. The van der Waals surface area contributed by atoms with Crippen molar-refractivity contribution in [3.05, 3.63) is 104 Å². The van der Waals surface area contributed by atoms with Gasteiger partial charge in [-0.25, -0.2) is 4.39 Å². The van der Waals surface area contributed by atoms with Gasteiger partial charge < -0.3 is 20.0 Å². The van der Waals surface area contributed by atoms with Crippen molar-refractivity contribution in [2.75, 3.05) is 20.1 Å². The van der Waals surface area contributed by atoms with E-state index in [2.05, 4.69) is 22.4 Å². The third-order valence-corrected chi connectivity index (χ3v) is 7.54. The largest absolute Gasteiger partial charge is 0.411 e. The quantitative estimate of drug-likeness (QED) is 0.246. The Morgan fingerprint density at radius 2 is 1.89 bits per heavy atom. The molecule has 2 aromatic carbocycles. The Morgan fingerprint density at radius 3 is 2.55 bits per heavy atom. The van der Waals surface area contributed by atoms with Gasteiger partial charge in [0.15, 0.2) is 0 Å². The SMILES string of the molecule is CN1CCC(NC(=O)c2ccc(C(C/C(=N/O)c3ccc(=O)n(C)c3)c3ccccc3Cl)cc2CF)CC1. The second kappa shape index (κ2) is 12.4. The first-order chi connectivity index (χ1) is 18.3. The number of nitrogens with one attached hydrogen (secondary N) is 1. The van der Waals surface area contributed by atoms with Crippen LogP contribution in [0.15, 0.2) is 70.7 Å². The molecule has 1 unspecified atom stereocenters. The highest BCUT2D eigenvalue weighted by atomic mass is 35.5. The van der Waals surface area contributed by atoms with Crippen LogP contribution in [0.4, 0.5) is 4.39 Å². The van der Waals surface area contributed by atoms with E-state index in [9.17, 15) is 19.2 Å².